The Balaban J connectivity index is 3.92. The molecule has 0 amide bonds. The van der Waals surface area contributed by atoms with E-state index in [1.54, 1.807) is 0 Å². The van der Waals surface area contributed by atoms with Crippen molar-refractivity contribution in [3.8, 4) is 0 Å². The van der Waals surface area contributed by atoms with Gasteiger partial charge in [-0.3, -0.25) is 9.69 Å². The number of carboxylic acids is 1. The highest BCUT2D eigenvalue weighted by Gasteiger charge is 2.06. The number of nitrogens with zero attached hydrogens (tertiary/aromatic N) is 3. The monoisotopic (exact) mass is 597 g/mol. The Hall–Kier alpha value is -1.73. The summed E-state index contributed by atoms with van der Waals surface area (Å²) < 4.78 is 49.0. The Bertz CT molecular complexity index is 552. The summed E-state index contributed by atoms with van der Waals surface area (Å²) in [6.07, 6.45) is -0.0158. The van der Waals surface area contributed by atoms with E-state index < -0.39 is 5.97 Å². The predicted molar refractivity (Wildman–Crippen MR) is 144 cm³/mol. The standard InChI is InChI=1S/C25H51N5O11/c26-28-2-8-34-14-20-40-23-17-37-11-5-30(6-12-38-18-24-41-21-15-35-9-3-29-27)4-10-36-16-22-39-19-13-33-7-1-25(31)32/h28-29H,1-24H2,(H,31,32). The molecule has 0 unspecified atom stereocenters. The molecule has 16 nitrogen and oxygen atoms in total. The zero-order chi connectivity index (χ0) is 29.9. The van der Waals surface area contributed by atoms with Crippen LogP contribution in [0.4, 0.5) is 0 Å². The molecule has 0 aliphatic rings. The normalized spacial score (nSPS) is 11.3. The molecule has 0 radical (unpaired) electrons. The average molecular weight is 598 g/mol. The van der Waals surface area contributed by atoms with Crippen molar-refractivity contribution in [1.29, 1.82) is 0 Å². The van der Waals surface area contributed by atoms with E-state index >= 15 is 0 Å². The van der Waals surface area contributed by atoms with Crippen molar-refractivity contribution < 1.29 is 62.8 Å². The molecule has 0 spiro atoms. The fourth-order valence-corrected chi connectivity index (χ4v) is 2.94. The summed E-state index contributed by atoms with van der Waals surface area (Å²) in [5.41, 5.74) is 16.9. The van der Waals surface area contributed by atoms with Gasteiger partial charge < -0.3 is 69.0 Å². The molecule has 0 fully saturated rings. The first-order chi connectivity index (χ1) is 20.2. The molecular formula is C25H51N5O11. The van der Waals surface area contributed by atoms with Gasteiger partial charge >= 0.3 is 5.97 Å². The van der Waals surface area contributed by atoms with Gasteiger partial charge in [0.1, 0.15) is 13.2 Å². The maximum atomic E-state index is 10.4. The fourth-order valence-electron chi connectivity index (χ4n) is 2.94. The lowest BCUT2D eigenvalue weighted by Gasteiger charge is -2.22. The molecule has 242 valence electrons. The van der Waals surface area contributed by atoms with E-state index in [1.807, 2.05) is 10.2 Å². The lowest BCUT2D eigenvalue weighted by Crippen LogP contribution is -2.64. The summed E-state index contributed by atoms with van der Waals surface area (Å²) in [5.74, 6) is -0.883. The van der Waals surface area contributed by atoms with Crippen molar-refractivity contribution in [2.75, 3.05) is 152 Å². The maximum absolute atomic E-state index is 10.4. The summed E-state index contributed by atoms with van der Waals surface area (Å²) in [6, 6.07) is 0. The Morgan fingerprint density at radius 1 is 0.463 bits per heavy atom. The molecule has 0 aromatic heterocycles. The molecule has 0 bridgehead atoms. The Morgan fingerprint density at radius 3 is 1.02 bits per heavy atom. The molecule has 0 aliphatic heterocycles. The van der Waals surface area contributed by atoms with Crippen LogP contribution >= 0.6 is 0 Å². The van der Waals surface area contributed by atoms with Gasteiger partial charge in [0.2, 0.25) is 0 Å². The minimum atomic E-state index is -0.883. The number of hydrogen-bond donors (Lipinski definition) is 3. The highest BCUT2D eigenvalue weighted by molar-refractivity contribution is 5.66. The van der Waals surface area contributed by atoms with Crippen LogP contribution in [-0.2, 0) is 47.4 Å². The molecule has 0 aromatic rings. The number of hydrogen-bond acceptors (Lipinski definition) is 11. The number of nitrogens with one attached hydrogen (secondary N) is 2. The minimum absolute atomic E-state index is 0.0158. The number of carboxylic acid groups (broad SMARTS) is 1. The number of aliphatic carboxylic acids is 1. The van der Waals surface area contributed by atoms with Gasteiger partial charge in [0.25, 0.3) is 0 Å². The van der Waals surface area contributed by atoms with E-state index in [9.17, 15) is 4.79 Å². The first kappa shape index (κ1) is 39.3. The molecule has 0 aliphatic carbocycles. The van der Waals surface area contributed by atoms with Gasteiger partial charge in [-0.25, -0.2) is 0 Å². The van der Waals surface area contributed by atoms with Gasteiger partial charge in [0, 0.05) is 19.6 Å². The summed E-state index contributed by atoms with van der Waals surface area (Å²) in [4.78, 5) is 12.6. The maximum Gasteiger partial charge on any atom is 0.305 e. The molecular weight excluding hydrogens is 546 g/mol. The van der Waals surface area contributed by atoms with E-state index in [4.69, 9.17) is 58.8 Å². The van der Waals surface area contributed by atoms with E-state index in [0.29, 0.717) is 145 Å². The van der Waals surface area contributed by atoms with E-state index in [2.05, 4.69) is 4.90 Å². The van der Waals surface area contributed by atoms with Gasteiger partial charge in [-0.2, -0.15) is 0 Å². The first-order valence-electron chi connectivity index (χ1n) is 14.1. The lowest BCUT2D eigenvalue weighted by molar-refractivity contribution is -0.484. The SMILES string of the molecule is [N-]=[NH+]CCOCCOCCOCCN(CCOCCOCCOCC[NH+]=[N-])CCOCCOCCOCCC(=O)O. The van der Waals surface area contributed by atoms with Gasteiger partial charge in [0.05, 0.1) is 112 Å². The molecule has 0 rings (SSSR count). The molecule has 0 heterocycles. The molecule has 0 saturated heterocycles. The number of carbonyl (C=O) groups is 1. The van der Waals surface area contributed by atoms with Crippen molar-refractivity contribution >= 4 is 5.97 Å². The molecule has 16 heteroatoms. The highest BCUT2D eigenvalue weighted by atomic mass is 16.6. The molecule has 3 N–H and O–H groups in total. The smallest absolute Gasteiger partial charge is 0.305 e. The third kappa shape index (κ3) is 34.4. The molecule has 41 heavy (non-hydrogen) atoms. The van der Waals surface area contributed by atoms with Crippen molar-refractivity contribution in [2.24, 2.45) is 0 Å². The Labute approximate surface area is 243 Å². The van der Waals surface area contributed by atoms with E-state index in [1.165, 1.54) is 0 Å². The first-order valence-corrected chi connectivity index (χ1v) is 14.1. The topological polar surface area (TPSA) is 196 Å². The van der Waals surface area contributed by atoms with Gasteiger partial charge in [-0.05, 0) is 0 Å². The second-order valence-corrected chi connectivity index (χ2v) is 8.31. The quantitative estimate of drug-likeness (QED) is 0.0494. The number of ether oxygens (including phenoxy) is 9. The molecule has 0 aromatic carbocycles. The summed E-state index contributed by atoms with van der Waals surface area (Å²) >= 11 is 0. The van der Waals surface area contributed by atoms with Crippen LogP contribution in [-0.4, -0.2) is 168 Å². The second kappa shape index (κ2) is 34.5. The molecule has 0 saturated carbocycles. The number of rotatable bonds is 36. The van der Waals surface area contributed by atoms with Gasteiger partial charge in [-0.15, -0.1) is 0 Å². The second-order valence-electron chi connectivity index (χ2n) is 8.31. The van der Waals surface area contributed by atoms with Crippen LogP contribution in [0.5, 0.6) is 0 Å². The van der Waals surface area contributed by atoms with Crippen LogP contribution in [0.25, 0.3) is 11.1 Å². The minimum Gasteiger partial charge on any atom is -0.508 e. The molecule has 0 atom stereocenters. The summed E-state index contributed by atoms with van der Waals surface area (Å²) in [5, 5.41) is 12.6. The van der Waals surface area contributed by atoms with Crippen LogP contribution < -0.4 is 10.2 Å². The zero-order valence-corrected chi connectivity index (χ0v) is 24.3. The van der Waals surface area contributed by atoms with Crippen LogP contribution in [0.1, 0.15) is 6.42 Å². The van der Waals surface area contributed by atoms with Crippen molar-refractivity contribution in [3.63, 3.8) is 0 Å². The Kier molecular flexibility index (Phi) is 33.0. The van der Waals surface area contributed by atoms with Crippen LogP contribution in [0.3, 0.4) is 0 Å². The van der Waals surface area contributed by atoms with Crippen LogP contribution in [0.15, 0.2) is 0 Å². The third-order valence-electron chi connectivity index (χ3n) is 5.06. The largest absolute Gasteiger partial charge is 0.508 e. The fraction of sp³-hybridized carbons (Fsp3) is 0.960. The summed E-state index contributed by atoms with van der Waals surface area (Å²) in [7, 11) is 0. The average Bonchev–Trinajstić information content (AvgIpc) is 2.96. The van der Waals surface area contributed by atoms with E-state index in [0.717, 1.165) is 0 Å². The van der Waals surface area contributed by atoms with Gasteiger partial charge in [0.15, 0.2) is 13.1 Å². The van der Waals surface area contributed by atoms with Crippen LogP contribution in [0, 0.1) is 0 Å². The predicted octanol–water partition coefficient (Wildman–Crippen LogP) is -2.88. The van der Waals surface area contributed by atoms with Crippen molar-refractivity contribution in [3.05, 3.63) is 11.1 Å². The zero-order valence-electron chi connectivity index (χ0n) is 24.3. The Morgan fingerprint density at radius 2 is 0.732 bits per heavy atom. The van der Waals surface area contributed by atoms with Gasteiger partial charge in [-0.1, -0.05) is 0 Å². The highest BCUT2D eigenvalue weighted by Crippen LogP contribution is 1.93. The third-order valence-corrected chi connectivity index (χ3v) is 5.06. The van der Waals surface area contributed by atoms with Crippen LogP contribution in [0.2, 0.25) is 0 Å². The van der Waals surface area contributed by atoms with E-state index in [-0.39, 0.29) is 13.0 Å². The van der Waals surface area contributed by atoms with Crippen molar-refractivity contribution in [2.45, 2.75) is 6.42 Å². The lowest BCUT2D eigenvalue weighted by atomic mass is 10.4. The van der Waals surface area contributed by atoms with Crippen molar-refractivity contribution in [1.82, 2.24) is 4.90 Å². The summed E-state index contributed by atoms with van der Waals surface area (Å²) in [6.45, 7) is 10.9.